The molecule has 29 heavy (non-hydrogen) atoms. The van der Waals surface area contributed by atoms with Gasteiger partial charge in [0.15, 0.2) is 11.8 Å². The molecule has 2 saturated heterocycles. The Morgan fingerprint density at radius 2 is 1.76 bits per heavy atom. The van der Waals surface area contributed by atoms with Crippen LogP contribution in [0, 0.1) is 6.92 Å². The summed E-state index contributed by atoms with van der Waals surface area (Å²) in [7, 11) is 0. The highest BCUT2D eigenvalue weighted by Gasteiger charge is 2.54. The highest BCUT2D eigenvalue weighted by Crippen LogP contribution is 2.38. The van der Waals surface area contributed by atoms with Crippen molar-refractivity contribution < 1.29 is 28.6 Å². The van der Waals surface area contributed by atoms with Gasteiger partial charge in [-0.05, 0) is 31.2 Å². The van der Waals surface area contributed by atoms with E-state index in [1.165, 1.54) is 11.2 Å². The van der Waals surface area contributed by atoms with Crippen LogP contribution in [0.4, 0.5) is 0 Å². The number of hydrogen-bond donors (Lipinski definition) is 1. The summed E-state index contributed by atoms with van der Waals surface area (Å²) in [5.74, 6) is -1.45. The molecule has 2 aromatic rings. The number of amides is 2. The lowest BCUT2D eigenvalue weighted by Crippen LogP contribution is -2.58. The van der Waals surface area contributed by atoms with Gasteiger partial charge in [0.1, 0.15) is 5.72 Å². The van der Waals surface area contributed by atoms with Gasteiger partial charge in [0.05, 0.1) is 12.9 Å². The average Bonchev–Trinajstić information content (AvgIpc) is 3.37. The van der Waals surface area contributed by atoms with Gasteiger partial charge in [0, 0.05) is 31.5 Å². The van der Waals surface area contributed by atoms with Gasteiger partial charge in [0.25, 0.3) is 11.8 Å². The molecular formula is C21H22N2O6. The number of hydrogen-bond acceptors (Lipinski definition) is 5. The van der Waals surface area contributed by atoms with E-state index in [-0.39, 0.29) is 24.2 Å². The van der Waals surface area contributed by atoms with Crippen molar-refractivity contribution >= 4 is 17.8 Å². The topological polar surface area (TPSA) is 100 Å². The number of rotatable bonds is 3. The van der Waals surface area contributed by atoms with Gasteiger partial charge in [-0.15, -0.1) is 0 Å². The summed E-state index contributed by atoms with van der Waals surface area (Å²) >= 11 is 0. The molecule has 1 N–H and O–H groups in total. The molecule has 1 aromatic heterocycles. The Morgan fingerprint density at radius 3 is 2.34 bits per heavy atom. The molecule has 0 bridgehead atoms. The molecular weight excluding hydrogens is 376 g/mol. The molecule has 1 aromatic carbocycles. The lowest BCUT2D eigenvalue weighted by Gasteiger charge is -2.44. The number of carboxylic acids is 1. The van der Waals surface area contributed by atoms with Crippen molar-refractivity contribution in [1.29, 1.82) is 0 Å². The van der Waals surface area contributed by atoms with Crippen LogP contribution in [0.1, 0.15) is 39.3 Å². The first kappa shape index (κ1) is 19.2. The van der Waals surface area contributed by atoms with Crippen LogP contribution >= 0.6 is 0 Å². The first-order valence-electron chi connectivity index (χ1n) is 9.51. The van der Waals surface area contributed by atoms with Crippen molar-refractivity contribution in [2.75, 3.05) is 19.7 Å². The quantitative estimate of drug-likeness (QED) is 0.850. The molecule has 3 heterocycles. The average molecular weight is 398 g/mol. The number of nitrogens with zero attached hydrogens (tertiary/aromatic N) is 2. The number of furan rings is 1. The second kappa shape index (κ2) is 7.36. The van der Waals surface area contributed by atoms with E-state index in [9.17, 15) is 19.5 Å². The largest absolute Gasteiger partial charge is 0.480 e. The number of carboxylic acid groups (broad SMARTS) is 1. The van der Waals surface area contributed by atoms with E-state index in [0.717, 1.165) is 5.56 Å². The number of carbonyl (C=O) groups excluding carboxylic acids is 2. The Labute approximate surface area is 167 Å². The fourth-order valence-electron chi connectivity index (χ4n) is 4.01. The van der Waals surface area contributed by atoms with E-state index in [1.54, 1.807) is 29.2 Å². The molecule has 0 radical (unpaired) electrons. The molecule has 0 saturated carbocycles. The van der Waals surface area contributed by atoms with Crippen LogP contribution in [0.15, 0.2) is 47.1 Å². The fourth-order valence-corrected chi connectivity index (χ4v) is 4.01. The van der Waals surface area contributed by atoms with Crippen LogP contribution in [0.5, 0.6) is 0 Å². The number of ether oxygens (including phenoxy) is 1. The highest BCUT2D eigenvalue weighted by molar-refractivity contribution is 5.97. The van der Waals surface area contributed by atoms with Crippen LogP contribution in [0.3, 0.4) is 0 Å². The monoisotopic (exact) mass is 398 g/mol. The zero-order chi connectivity index (χ0) is 20.6. The van der Waals surface area contributed by atoms with Crippen LogP contribution < -0.4 is 0 Å². The minimum absolute atomic E-state index is 0.0704. The molecule has 2 amide bonds. The molecule has 8 nitrogen and oxygen atoms in total. The number of piperidine rings is 1. The van der Waals surface area contributed by atoms with Gasteiger partial charge < -0.3 is 19.2 Å². The molecule has 4 rings (SSSR count). The molecule has 8 heteroatoms. The van der Waals surface area contributed by atoms with Gasteiger partial charge in [-0.25, -0.2) is 4.79 Å². The summed E-state index contributed by atoms with van der Waals surface area (Å²) in [5.41, 5.74) is 0.389. The predicted molar refractivity (Wildman–Crippen MR) is 101 cm³/mol. The Hall–Kier alpha value is -3.13. The van der Waals surface area contributed by atoms with Crippen LogP contribution in [-0.2, 0) is 9.53 Å². The number of benzene rings is 1. The molecule has 2 aliphatic rings. The van der Waals surface area contributed by atoms with E-state index in [2.05, 4.69) is 0 Å². The standard InChI is InChI=1S/C21H22N2O6/c1-14-4-6-15(7-5-14)18(24)23-16(20(26)27)13-29-21(23)8-10-22(11-9-21)19(25)17-3-2-12-28-17/h2-7,12,16H,8-11,13H2,1H3,(H,26,27)/t16-/m0/s1. The zero-order valence-electron chi connectivity index (χ0n) is 16.0. The first-order chi connectivity index (χ1) is 13.9. The van der Waals surface area contributed by atoms with E-state index in [1.807, 2.05) is 19.1 Å². The predicted octanol–water partition coefficient (Wildman–Crippen LogP) is 2.15. The minimum Gasteiger partial charge on any atom is -0.480 e. The SMILES string of the molecule is Cc1ccc(C(=O)N2[C@H](C(=O)O)COC23CCN(C(=O)c2ccco2)CC3)cc1. The summed E-state index contributed by atoms with van der Waals surface area (Å²) < 4.78 is 11.1. The van der Waals surface area contributed by atoms with Crippen molar-refractivity contribution in [2.45, 2.75) is 31.5 Å². The maximum atomic E-state index is 13.2. The van der Waals surface area contributed by atoms with Crippen molar-refractivity contribution in [1.82, 2.24) is 9.80 Å². The van der Waals surface area contributed by atoms with E-state index < -0.39 is 17.7 Å². The summed E-state index contributed by atoms with van der Waals surface area (Å²) in [6, 6.07) is 9.21. The molecule has 0 unspecified atom stereocenters. The molecule has 152 valence electrons. The molecule has 1 spiro atoms. The number of likely N-dealkylation sites (tertiary alicyclic amines) is 1. The van der Waals surface area contributed by atoms with E-state index in [4.69, 9.17) is 9.15 Å². The van der Waals surface area contributed by atoms with Crippen molar-refractivity contribution in [3.05, 3.63) is 59.5 Å². The Bertz CT molecular complexity index is 913. The van der Waals surface area contributed by atoms with Crippen molar-refractivity contribution in [3.8, 4) is 0 Å². The number of carbonyl (C=O) groups is 3. The van der Waals surface area contributed by atoms with Gasteiger partial charge in [-0.2, -0.15) is 0 Å². The smallest absolute Gasteiger partial charge is 0.328 e. The molecule has 2 aliphatic heterocycles. The second-order valence-corrected chi connectivity index (χ2v) is 7.42. The third-order valence-electron chi connectivity index (χ3n) is 5.63. The number of aryl methyl sites for hydroxylation is 1. The summed E-state index contributed by atoms with van der Waals surface area (Å²) in [6.45, 7) is 2.52. The third kappa shape index (κ3) is 3.40. The third-order valence-corrected chi connectivity index (χ3v) is 5.63. The minimum atomic E-state index is -1.10. The maximum absolute atomic E-state index is 13.2. The summed E-state index contributed by atoms with van der Waals surface area (Å²) in [5, 5.41) is 9.65. The lowest BCUT2D eigenvalue weighted by molar-refractivity contribution is -0.143. The lowest BCUT2D eigenvalue weighted by atomic mass is 9.96. The van der Waals surface area contributed by atoms with Crippen LogP contribution in [0.25, 0.3) is 0 Å². The molecule has 2 fully saturated rings. The summed E-state index contributed by atoms with van der Waals surface area (Å²) in [4.78, 5) is 40.6. The molecule has 1 atom stereocenters. The zero-order valence-corrected chi connectivity index (χ0v) is 16.0. The van der Waals surface area contributed by atoms with Gasteiger partial charge in [-0.1, -0.05) is 17.7 Å². The maximum Gasteiger partial charge on any atom is 0.328 e. The van der Waals surface area contributed by atoms with Gasteiger partial charge >= 0.3 is 5.97 Å². The Kier molecular flexibility index (Phi) is 4.87. The highest BCUT2D eigenvalue weighted by atomic mass is 16.5. The van der Waals surface area contributed by atoms with Crippen LogP contribution in [0.2, 0.25) is 0 Å². The fraction of sp³-hybridized carbons (Fsp3) is 0.381. The first-order valence-corrected chi connectivity index (χ1v) is 9.51. The van der Waals surface area contributed by atoms with Crippen LogP contribution in [-0.4, -0.2) is 64.2 Å². The van der Waals surface area contributed by atoms with E-state index >= 15 is 0 Å². The summed E-state index contributed by atoms with van der Waals surface area (Å²) in [6.07, 6.45) is 2.11. The normalized spacial score (nSPS) is 20.8. The second-order valence-electron chi connectivity index (χ2n) is 7.42. The van der Waals surface area contributed by atoms with Gasteiger partial charge in [-0.3, -0.25) is 14.5 Å². The van der Waals surface area contributed by atoms with Crippen molar-refractivity contribution in [3.63, 3.8) is 0 Å². The Morgan fingerprint density at radius 1 is 1.07 bits per heavy atom. The molecule has 0 aliphatic carbocycles. The Balaban J connectivity index is 1.57. The van der Waals surface area contributed by atoms with E-state index in [0.29, 0.717) is 31.5 Å². The number of aliphatic carboxylic acids is 1. The van der Waals surface area contributed by atoms with Gasteiger partial charge in [0.2, 0.25) is 0 Å². The van der Waals surface area contributed by atoms with Crippen molar-refractivity contribution in [2.24, 2.45) is 0 Å².